The van der Waals surface area contributed by atoms with E-state index >= 15 is 0 Å². The molecule has 6 nitrogen and oxygen atoms in total. The predicted octanol–water partition coefficient (Wildman–Crippen LogP) is 4.37. The van der Waals surface area contributed by atoms with E-state index in [9.17, 15) is 4.79 Å². The Bertz CT molecular complexity index is 997. The van der Waals surface area contributed by atoms with Crippen molar-refractivity contribution in [3.8, 4) is 17.2 Å². The Morgan fingerprint density at radius 1 is 1.10 bits per heavy atom. The first-order chi connectivity index (χ1) is 14.2. The molecule has 1 fully saturated rings. The molecule has 0 aliphatic carbocycles. The summed E-state index contributed by atoms with van der Waals surface area (Å²) in [7, 11) is 0. The average molecular weight is 413 g/mol. The van der Waals surface area contributed by atoms with Crippen molar-refractivity contribution >= 4 is 11.6 Å². The van der Waals surface area contributed by atoms with Crippen LogP contribution in [0, 0.1) is 0 Å². The highest BCUT2D eigenvalue weighted by molar-refractivity contribution is 6.30. The molecule has 0 bridgehead atoms. The minimum atomic E-state index is -0.191. The molecule has 0 saturated carbocycles. The number of halogens is 1. The van der Waals surface area contributed by atoms with Crippen LogP contribution in [0.5, 0.6) is 11.5 Å². The molecule has 2 aromatic heterocycles. The standard InChI is InChI=1S/C22H21ClN2O4/c23-16-4-5-17(24-14-16)15-28-20-10-11-25(21(26)13-20)18-6-8-19(9-7-18)29-22-3-1-2-12-27-22/h4-11,13-14,22H,1-3,12,15H2. The number of hydrogen-bond donors (Lipinski definition) is 0. The van der Waals surface area contributed by atoms with E-state index in [1.165, 1.54) is 6.07 Å². The van der Waals surface area contributed by atoms with Crippen molar-refractivity contribution in [3.05, 3.63) is 82.0 Å². The summed E-state index contributed by atoms with van der Waals surface area (Å²) in [4.78, 5) is 16.7. The molecule has 0 radical (unpaired) electrons. The molecule has 0 amide bonds. The van der Waals surface area contributed by atoms with Gasteiger partial charge < -0.3 is 14.2 Å². The molecule has 1 aliphatic rings. The van der Waals surface area contributed by atoms with Gasteiger partial charge in [-0.25, -0.2) is 0 Å². The number of benzene rings is 1. The van der Waals surface area contributed by atoms with Gasteiger partial charge in [0.05, 0.1) is 17.3 Å². The molecule has 150 valence electrons. The molecule has 0 spiro atoms. The quantitative estimate of drug-likeness (QED) is 0.601. The van der Waals surface area contributed by atoms with Crippen molar-refractivity contribution in [1.29, 1.82) is 0 Å². The highest BCUT2D eigenvalue weighted by atomic mass is 35.5. The molecule has 0 N–H and O–H groups in total. The Kier molecular flexibility index (Phi) is 6.12. The fourth-order valence-electron chi connectivity index (χ4n) is 3.05. The van der Waals surface area contributed by atoms with Crippen LogP contribution in [-0.4, -0.2) is 22.4 Å². The zero-order chi connectivity index (χ0) is 20.1. The van der Waals surface area contributed by atoms with Crippen molar-refractivity contribution in [1.82, 2.24) is 9.55 Å². The van der Waals surface area contributed by atoms with E-state index in [4.69, 9.17) is 25.8 Å². The molecule has 7 heteroatoms. The van der Waals surface area contributed by atoms with Gasteiger partial charge in [0, 0.05) is 30.6 Å². The summed E-state index contributed by atoms with van der Waals surface area (Å²) < 4.78 is 18.6. The molecule has 3 aromatic rings. The van der Waals surface area contributed by atoms with Crippen LogP contribution in [0.3, 0.4) is 0 Å². The van der Waals surface area contributed by atoms with Gasteiger partial charge in [-0.15, -0.1) is 0 Å². The number of hydrogen-bond acceptors (Lipinski definition) is 5. The van der Waals surface area contributed by atoms with Gasteiger partial charge in [-0.2, -0.15) is 0 Å². The van der Waals surface area contributed by atoms with Gasteiger partial charge in [-0.3, -0.25) is 14.3 Å². The molecular weight excluding hydrogens is 392 g/mol. The van der Waals surface area contributed by atoms with Gasteiger partial charge in [0.25, 0.3) is 5.56 Å². The molecular formula is C22H21ClN2O4. The largest absolute Gasteiger partial charge is 0.487 e. The fourth-order valence-corrected chi connectivity index (χ4v) is 3.17. The van der Waals surface area contributed by atoms with Crippen LogP contribution in [0.15, 0.2) is 65.7 Å². The maximum absolute atomic E-state index is 12.5. The number of nitrogens with zero attached hydrogens (tertiary/aromatic N) is 2. The maximum Gasteiger partial charge on any atom is 0.258 e. The zero-order valence-corrected chi connectivity index (χ0v) is 16.5. The molecule has 1 atom stereocenters. The predicted molar refractivity (Wildman–Crippen MR) is 110 cm³/mol. The molecule has 1 unspecified atom stereocenters. The summed E-state index contributed by atoms with van der Waals surface area (Å²) in [6.45, 7) is 0.997. The van der Waals surface area contributed by atoms with Crippen LogP contribution in [0.25, 0.3) is 5.69 Å². The van der Waals surface area contributed by atoms with Crippen molar-refractivity contribution in [2.24, 2.45) is 0 Å². The monoisotopic (exact) mass is 412 g/mol. The van der Waals surface area contributed by atoms with Gasteiger partial charge in [0.1, 0.15) is 18.1 Å². The van der Waals surface area contributed by atoms with Crippen LogP contribution < -0.4 is 15.0 Å². The molecule has 1 saturated heterocycles. The van der Waals surface area contributed by atoms with E-state index in [-0.39, 0.29) is 18.5 Å². The first-order valence-corrected chi connectivity index (χ1v) is 9.90. The minimum Gasteiger partial charge on any atom is -0.487 e. The van der Waals surface area contributed by atoms with Gasteiger partial charge >= 0.3 is 0 Å². The van der Waals surface area contributed by atoms with E-state index in [1.807, 2.05) is 24.3 Å². The fraction of sp³-hybridized carbons (Fsp3) is 0.273. The van der Waals surface area contributed by atoms with E-state index in [1.54, 1.807) is 35.2 Å². The summed E-state index contributed by atoms with van der Waals surface area (Å²) in [6, 6.07) is 14.1. The van der Waals surface area contributed by atoms with Crippen molar-refractivity contribution in [2.45, 2.75) is 32.2 Å². The summed E-state index contributed by atoms with van der Waals surface area (Å²) in [5.41, 5.74) is 1.30. The summed E-state index contributed by atoms with van der Waals surface area (Å²) >= 11 is 5.82. The molecule has 1 aromatic carbocycles. The minimum absolute atomic E-state index is 0.184. The number of aromatic nitrogens is 2. The van der Waals surface area contributed by atoms with Crippen molar-refractivity contribution < 1.29 is 14.2 Å². The summed E-state index contributed by atoms with van der Waals surface area (Å²) in [5, 5.41) is 0.569. The molecule has 4 rings (SSSR count). The second-order valence-electron chi connectivity index (χ2n) is 6.73. The lowest BCUT2D eigenvalue weighted by molar-refractivity contribution is -0.105. The third-order valence-corrected chi connectivity index (χ3v) is 4.81. The number of ether oxygens (including phenoxy) is 3. The topological polar surface area (TPSA) is 62.6 Å². The van der Waals surface area contributed by atoms with E-state index in [0.717, 1.165) is 43.0 Å². The Morgan fingerprint density at radius 2 is 1.97 bits per heavy atom. The van der Waals surface area contributed by atoms with E-state index < -0.39 is 0 Å². The van der Waals surface area contributed by atoms with E-state index in [2.05, 4.69) is 4.98 Å². The second kappa shape index (κ2) is 9.11. The van der Waals surface area contributed by atoms with Crippen LogP contribution in [0.4, 0.5) is 0 Å². The van der Waals surface area contributed by atoms with Crippen molar-refractivity contribution in [3.63, 3.8) is 0 Å². The zero-order valence-electron chi connectivity index (χ0n) is 15.8. The normalized spacial score (nSPS) is 16.4. The highest BCUT2D eigenvalue weighted by Gasteiger charge is 2.15. The lowest BCUT2D eigenvalue weighted by atomic mass is 10.2. The van der Waals surface area contributed by atoms with Crippen molar-refractivity contribution in [2.75, 3.05) is 6.61 Å². The lowest BCUT2D eigenvalue weighted by Crippen LogP contribution is -2.25. The SMILES string of the molecule is O=c1cc(OCc2ccc(Cl)cn2)ccn1-c1ccc(OC2CCCCO2)cc1. The number of pyridine rings is 2. The number of rotatable bonds is 6. The van der Waals surface area contributed by atoms with Crippen LogP contribution in [-0.2, 0) is 11.3 Å². The van der Waals surface area contributed by atoms with Gasteiger partial charge in [-0.1, -0.05) is 11.6 Å². The van der Waals surface area contributed by atoms with Gasteiger partial charge in [-0.05, 0) is 55.3 Å². The Labute approximate surface area is 173 Å². The Morgan fingerprint density at radius 3 is 2.66 bits per heavy atom. The van der Waals surface area contributed by atoms with E-state index in [0.29, 0.717) is 10.8 Å². The van der Waals surface area contributed by atoms with Crippen LogP contribution in [0.1, 0.15) is 25.0 Å². The first kappa shape index (κ1) is 19.5. The molecule has 29 heavy (non-hydrogen) atoms. The first-order valence-electron chi connectivity index (χ1n) is 9.52. The van der Waals surface area contributed by atoms with Crippen LogP contribution in [0.2, 0.25) is 5.02 Å². The van der Waals surface area contributed by atoms with Gasteiger partial charge in [0.15, 0.2) is 6.29 Å². The second-order valence-corrected chi connectivity index (χ2v) is 7.17. The summed E-state index contributed by atoms with van der Waals surface area (Å²) in [5.74, 6) is 1.21. The lowest BCUT2D eigenvalue weighted by Gasteiger charge is -2.23. The third-order valence-electron chi connectivity index (χ3n) is 4.59. The van der Waals surface area contributed by atoms with Gasteiger partial charge in [0.2, 0.25) is 0 Å². The Balaban J connectivity index is 1.40. The molecule has 3 heterocycles. The molecule has 1 aliphatic heterocycles. The maximum atomic E-state index is 12.5. The van der Waals surface area contributed by atoms with Crippen LogP contribution >= 0.6 is 11.6 Å². The third kappa shape index (κ3) is 5.16. The average Bonchev–Trinajstić information content (AvgIpc) is 2.75. The smallest absolute Gasteiger partial charge is 0.258 e. The summed E-state index contributed by atoms with van der Waals surface area (Å²) in [6.07, 6.45) is 6.15. The highest BCUT2D eigenvalue weighted by Crippen LogP contribution is 2.21. The Hall–Kier alpha value is -2.83.